The Kier molecular flexibility index (Phi) is 5.48. The number of ketones is 1. The van der Waals surface area contributed by atoms with Crippen LogP contribution < -0.4 is 14.8 Å². The number of anilines is 1. The van der Waals surface area contributed by atoms with Gasteiger partial charge in [0.2, 0.25) is 18.6 Å². The van der Waals surface area contributed by atoms with Gasteiger partial charge in [-0.3, -0.25) is 9.59 Å². The van der Waals surface area contributed by atoms with E-state index in [-0.39, 0.29) is 24.2 Å². The third kappa shape index (κ3) is 4.57. The van der Waals surface area contributed by atoms with Gasteiger partial charge in [-0.25, -0.2) is 0 Å². The molecule has 0 spiro atoms. The van der Waals surface area contributed by atoms with Crippen molar-refractivity contribution < 1.29 is 23.5 Å². The van der Waals surface area contributed by atoms with Crippen LogP contribution in [0.25, 0.3) is 0 Å². The highest BCUT2D eigenvalue weighted by atomic mass is 32.2. The van der Waals surface area contributed by atoms with E-state index in [9.17, 15) is 9.59 Å². The number of hydrogen-bond acceptors (Lipinski definition) is 8. The number of nitrogens with one attached hydrogen (secondary N) is 1. The highest BCUT2D eigenvalue weighted by Crippen LogP contribution is 2.37. The Morgan fingerprint density at radius 2 is 1.86 bits per heavy atom. The zero-order chi connectivity index (χ0) is 20.2. The Morgan fingerprint density at radius 3 is 2.62 bits per heavy atom. The largest absolute Gasteiger partial charge is 0.454 e. The lowest BCUT2D eigenvalue weighted by Gasteiger charge is -2.10. The van der Waals surface area contributed by atoms with Crippen LogP contribution in [-0.2, 0) is 11.2 Å². The maximum absolute atomic E-state index is 12.4. The number of carbonyl (C=O) groups is 2. The molecule has 0 aliphatic carbocycles. The second-order valence-corrected chi connectivity index (χ2v) is 7.19. The van der Waals surface area contributed by atoms with Crippen molar-refractivity contribution in [2.45, 2.75) is 18.6 Å². The number of hydrogen-bond donors (Lipinski definition) is 1. The molecule has 3 aromatic rings. The molecule has 1 aliphatic heterocycles. The molecule has 29 heavy (non-hydrogen) atoms. The number of carbonyl (C=O) groups excluding carboxylic acids is 2. The normalized spacial score (nSPS) is 12.0. The molecule has 148 valence electrons. The van der Waals surface area contributed by atoms with Crippen LogP contribution in [-0.4, -0.2) is 34.4 Å². The first-order valence-corrected chi connectivity index (χ1v) is 9.80. The van der Waals surface area contributed by atoms with Crippen molar-refractivity contribution in [1.82, 2.24) is 10.2 Å². The molecule has 2 heterocycles. The molecule has 9 heteroatoms. The molecule has 0 bridgehead atoms. The summed E-state index contributed by atoms with van der Waals surface area (Å²) in [7, 11) is 0. The summed E-state index contributed by atoms with van der Waals surface area (Å²) in [5, 5.41) is 11.0. The van der Waals surface area contributed by atoms with E-state index in [0.29, 0.717) is 40.3 Å². The second kappa shape index (κ2) is 8.36. The Labute approximate surface area is 170 Å². The number of nitrogens with zero attached hydrogens (tertiary/aromatic N) is 2. The predicted molar refractivity (Wildman–Crippen MR) is 105 cm³/mol. The van der Waals surface area contributed by atoms with Crippen LogP contribution in [0, 0.1) is 0 Å². The number of Topliss-reactive ketones (excluding diaryl/α,β-unsaturated/α-hetero) is 1. The molecule has 0 radical (unpaired) electrons. The van der Waals surface area contributed by atoms with E-state index in [0.717, 1.165) is 17.3 Å². The van der Waals surface area contributed by atoms with Crippen molar-refractivity contribution in [2.75, 3.05) is 17.9 Å². The third-order valence-corrected chi connectivity index (χ3v) is 4.96. The smallest absolute Gasteiger partial charge is 0.277 e. The second-order valence-electron chi connectivity index (χ2n) is 6.27. The Balaban J connectivity index is 1.37. The van der Waals surface area contributed by atoms with E-state index in [4.69, 9.17) is 13.9 Å². The van der Waals surface area contributed by atoms with E-state index in [2.05, 4.69) is 15.5 Å². The highest BCUT2D eigenvalue weighted by molar-refractivity contribution is 7.99. The van der Waals surface area contributed by atoms with Gasteiger partial charge in [0.1, 0.15) is 0 Å². The molecular weight excluding hydrogens is 394 g/mol. The first-order chi connectivity index (χ1) is 14.1. The molecule has 0 saturated heterocycles. The van der Waals surface area contributed by atoms with Crippen LogP contribution in [0.15, 0.2) is 52.1 Å². The van der Waals surface area contributed by atoms with Crippen molar-refractivity contribution in [1.29, 1.82) is 0 Å². The topological polar surface area (TPSA) is 104 Å². The number of aromatic nitrogens is 2. The minimum atomic E-state index is -0.306. The van der Waals surface area contributed by atoms with Crippen molar-refractivity contribution in [3.63, 3.8) is 0 Å². The summed E-state index contributed by atoms with van der Waals surface area (Å²) in [6.45, 7) is 1.51. The molecule has 0 unspecified atom stereocenters. The molecule has 1 amide bonds. The van der Waals surface area contributed by atoms with Crippen molar-refractivity contribution in [3.8, 4) is 11.5 Å². The van der Waals surface area contributed by atoms with Gasteiger partial charge in [-0.15, -0.1) is 10.2 Å². The van der Waals surface area contributed by atoms with Crippen LogP contribution in [0.3, 0.4) is 0 Å². The summed E-state index contributed by atoms with van der Waals surface area (Å²) in [6.07, 6.45) is 0.528. The Bertz CT molecular complexity index is 1050. The summed E-state index contributed by atoms with van der Waals surface area (Å²) in [5.41, 5.74) is 1.79. The quantitative estimate of drug-likeness (QED) is 0.466. The molecule has 2 aromatic carbocycles. The molecular formula is C20H17N3O5S. The van der Waals surface area contributed by atoms with E-state index in [1.165, 1.54) is 6.92 Å². The van der Waals surface area contributed by atoms with Gasteiger partial charge in [0.15, 0.2) is 17.3 Å². The van der Waals surface area contributed by atoms with E-state index in [1.807, 2.05) is 30.3 Å². The molecule has 0 fully saturated rings. The number of amides is 1. The number of fused-ring (bicyclic) bond motifs is 1. The Hall–Kier alpha value is -3.33. The summed E-state index contributed by atoms with van der Waals surface area (Å²) >= 11 is 1.13. The summed E-state index contributed by atoms with van der Waals surface area (Å²) in [5.74, 6) is 1.01. The number of rotatable bonds is 7. The van der Waals surface area contributed by atoms with Gasteiger partial charge in [-0.05, 0) is 18.6 Å². The zero-order valence-electron chi connectivity index (χ0n) is 15.5. The molecule has 0 atom stereocenters. The van der Waals surface area contributed by atoms with Crippen LogP contribution in [0.4, 0.5) is 5.69 Å². The standard InChI is InChI=1S/C20H17N3O5S/c1-12(24)14-8-16-17(27-11-26-16)9-15(14)21-18(25)10-29-20-23-22-19(28-20)7-13-5-3-2-4-6-13/h2-6,8-9H,7,10-11H2,1H3,(H,21,25). The summed E-state index contributed by atoms with van der Waals surface area (Å²) in [6, 6.07) is 12.9. The van der Waals surface area contributed by atoms with Crippen molar-refractivity contribution in [2.24, 2.45) is 0 Å². The summed E-state index contributed by atoms with van der Waals surface area (Å²) in [4.78, 5) is 24.2. The van der Waals surface area contributed by atoms with E-state index >= 15 is 0 Å². The van der Waals surface area contributed by atoms with Gasteiger partial charge in [-0.2, -0.15) is 0 Å². The molecule has 4 rings (SSSR count). The molecule has 1 N–H and O–H groups in total. The van der Waals surface area contributed by atoms with Crippen molar-refractivity contribution >= 4 is 29.1 Å². The average molecular weight is 411 g/mol. The van der Waals surface area contributed by atoms with Crippen molar-refractivity contribution in [3.05, 3.63) is 59.5 Å². The number of ether oxygens (including phenoxy) is 2. The van der Waals surface area contributed by atoms with Gasteiger partial charge in [0.05, 0.1) is 17.9 Å². The van der Waals surface area contributed by atoms with E-state index in [1.54, 1.807) is 12.1 Å². The lowest BCUT2D eigenvalue weighted by atomic mass is 10.1. The van der Waals surface area contributed by atoms with Gasteiger partial charge in [0, 0.05) is 11.6 Å². The maximum atomic E-state index is 12.4. The molecule has 1 aliphatic rings. The Morgan fingerprint density at radius 1 is 1.10 bits per heavy atom. The first kappa shape index (κ1) is 19.0. The molecule has 1 aromatic heterocycles. The van der Waals surface area contributed by atoms with Gasteiger partial charge in [0.25, 0.3) is 5.22 Å². The monoisotopic (exact) mass is 411 g/mol. The lowest BCUT2D eigenvalue weighted by molar-refractivity contribution is -0.113. The third-order valence-electron chi connectivity index (χ3n) is 4.14. The van der Waals surface area contributed by atoms with Crippen LogP contribution >= 0.6 is 11.8 Å². The minimum absolute atomic E-state index is 0.0543. The highest BCUT2D eigenvalue weighted by Gasteiger charge is 2.20. The maximum Gasteiger partial charge on any atom is 0.277 e. The van der Waals surface area contributed by atoms with Crippen LogP contribution in [0.5, 0.6) is 11.5 Å². The zero-order valence-corrected chi connectivity index (χ0v) is 16.3. The average Bonchev–Trinajstić information content (AvgIpc) is 3.35. The van der Waals surface area contributed by atoms with Gasteiger partial charge >= 0.3 is 0 Å². The minimum Gasteiger partial charge on any atom is -0.454 e. The lowest BCUT2D eigenvalue weighted by Crippen LogP contribution is -2.16. The number of benzene rings is 2. The summed E-state index contributed by atoms with van der Waals surface area (Å²) < 4.78 is 16.2. The predicted octanol–water partition coefficient (Wildman–Crippen LogP) is 3.32. The first-order valence-electron chi connectivity index (χ1n) is 8.82. The van der Waals surface area contributed by atoms with Crippen LogP contribution in [0.2, 0.25) is 0 Å². The number of thioether (sulfide) groups is 1. The fraction of sp³-hybridized carbons (Fsp3) is 0.200. The van der Waals surface area contributed by atoms with E-state index < -0.39 is 0 Å². The molecule has 0 saturated carbocycles. The fourth-order valence-electron chi connectivity index (χ4n) is 2.79. The molecule has 8 nitrogen and oxygen atoms in total. The van der Waals surface area contributed by atoms with Gasteiger partial charge in [-0.1, -0.05) is 42.1 Å². The fourth-order valence-corrected chi connectivity index (χ4v) is 3.37. The van der Waals surface area contributed by atoms with Crippen LogP contribution in [0.1, 0.15) is 28.7 Å². The van der Waals surface area contributed by atoms with Gasteiger partial charge < -0.3 is 19.2 Å². The SMILES string of the molecule is CC(=O)c1cc2c(cc1NC(=O)CSc1nnc(Cc3ccccc3)o1)OCO2.